The monoisotopic (exact) mass is 294 g/mol. The number of nitrogens with zero attached hydrogens (tertiary/aromatic N) is 3. The summed E-state index contributed by atoms with van der Waals surface area (Å²) in [5.74, 6) is 0. The first-order chi connectivity index (χ1) is 8.31. The van der Waals surface area contributed by atoms with Gasteiger partial charge in [-0.25, -0.2) is 9.97 Å². The molecule has 0 atom stereocenters. The van der Waals surface area contributed by atoms with Crippen molar-refractivity contribution in [2.24, 2.45) is 0 Å². The van der Waals surface area contributed by atoms with Crippen molar-refractivity contribution in [3.63, 3.8) is 0 Å². The Hall–Kier alpha value is -1.36. The van der Waals surface area contributed by atoms with Crippen LogP contribution in [0.1, 0.15) is 19.0 Å². The van der Waals surface area contributed by atoms with Crippen molar-refractivity contribution in [1.29, 1.82) is 0 Å². The van der Waals surface area contributed by atoms with Crippen molar-refractivity contribution in [1.82, 2.24) is 14.5 Å². The lowest BCUT2D eigenvalue weighted by atomic mass is 10.3. The average Bonchev–Trinajstić information content (AvgIpc) is 2.76. The zero-order valence-corrected chi connectivity index (χ0v) is 11.3. The Morgan fingerprint density at radius 2 is 2.35 bits per heavy atom. The summed E-state index contributed by atoms with van der Waals surface area (Å²) in [6, 6.07) is 3.91. The number of anilines is 1. The van der Waals surface area contributed by atoms with Crippen LogP contribution in [0.4, 0.5) is 5.69 Å². The summed E-state index contributed by atoms with van der Waals surface area (Å²) in [6.45, 7) is 3.92. The molecule has 1 N–H and O–H groups in total. The van der Waals surface area contributed by atoms with E-state index in [0.717, 1.165) is 29.8 Å². The summed E-state index contributed by atoms with van der Waals surface area (Å²) in [5, 5.41) is 3.34. The predicted molar refractivity (Wildman–Crippen MR) is 71.8 cm³/mol. The van der Waals surface area contributed by atoms with Crippen molar-refractivity contribution in [2.75, 3.05) is 5.32 Å². The number of hydrogen-bond donors (Lipinski definition) is 1. The number of aryl methyl sites for hydroxylation is 1. The maximum absolute atomic E-state index is 4.17. The second-order valence-electron chi connectivity index (χ2n) is 3.77. The lowest BCUT2D eigenvalue weighted by molar-refractivity contribution is 0.651. The van der Waals surface area contributed by atoms with E-state index in [1.54, 1.807) is 6.20 Å². The van der Waals surface area contributed by atoms with Crippen LogP contribution >= 0.6 is 15.9 Å². The number of hydrogen-bond acceptors (Lipinski definition) is 3. The van der Waals surface area contributed by atoms with Crippen LogP contribution in [-0.2, 0) is 13.1 Å². The molecule has 0 saturated heterocycles. The van der Waals surface area contributed by atoms with Crippen LogP contribution in [0.2, 0.25) is 0 Å². The molecule has 17 heavy (non-hydrogen) atoms. The van der Waals surface area contributed by atoms with Gasteiger partial charge in [0.15, 0.2) is 0 Å². The van der Waals surface area contributed by atoms with Crippen molar-refractivity contribution in [2.45, 2.75) is 26.4 Å². The third-order valence-corrected chi connectivity index (χ3v) is 3.11. The zero-order chi connectivity index (χ0) is 12.1. The quantitative estimate of drug-likeness (QED) is 0.862. The number of nitrogens with one attached hydrogen (secondary N) is 1. The van der Waals surface area contributed by atoms with Gasteiger partial charge in [-0.1, -0.05) is 6.92 Å². The molecule has 5 heteroatoms. The third kappa shape index (κ3) is 3.06. The van der Waals surface area contributed by atoms with Crippen LogP contribution in [0.5, 0.6) is 0 Å². The first-order valence-corrected chi connectivity index (χ1v) is 6.44. The fraction of sp³-hybridized carbons (Fsp3) is 0.333. The number of halogens is 1. The van der Waals surface area contributed by atoms with Gasteiger partial charge in [-0.3, -0.25) is 0 Å². The van der Waals surface area contributed by atoms with E-state index in [-0.39, 0.29) is 0 Å². The second-order valence-corrected chi connectivity index (χ2v) is 4.52. The van der Waals surface area contributed by atoms with Gasteiger partial charge in [-0.05, 0) is 34.5 Å². The van der Waals surface area contributed by atoms with Crippen molar-refractivity contribution < 1.29 is 0 Å². The highest BCUT2D eigenvalue weighted by Crippen LogP contribution is 2.19. The number of rotatable bonds is 5. The van der Waals surface area contributed by atoms with E-state index in [9.17, 15) is 0 Å². The average molecular weight is 295 g/mol. The molecule has 2 rings (SSSR count). The van der Waals surface area contributed by atoms with Crippen molar-refractivity contribution in [3.05, 3.63) is 41.2 Å². The van der Waals surface area contributed by atoms with E-state index in [0.29, 0.717) is 0 Å². The summed E-state index contributed by atoms with van der Waals surface area (Å²) >= 11 is 3.41. The highest BCUT2D eigenvalue weighted by molar-refractivity contribution is 9.10. The molecule has 2 aromatic heterocycles. The molecule has 0 amide bonds. The lowest BCUT2D eigenvalue weighted by Crippen LogP contribution is -2.07. The van der Waals surface area contributed by atoms with Gasteiger partial charge in [0.1, 0.15) is 4.60 Å². The van der Waals surface area contributed by atoms with Gasteiger partial charge in [0.05, 0.1) is 24.3 Å². The van der Waals surface area contributed by atoms with E-state index in [2.05, 4.69) is 42.7 Å². The summed E-state index contributed by atoms with van der Waals surface area (Å²) in [6.07, 6.45) is 6.64. The van der Waals surface area contributed by atoms with E-state index in [4.69, 9.17) is 0 Å². The number of aromatic nitrogens is 3. The number of pyridine rings is 1. The van der Waals surface area contributed by atoms with Crippen LogP contribution in [0.25, 0.3) is 0 Å². The Bertz CT molecular complexity index is 481. The maximum Gasteiger partial charge on any atom is 0.129 e. The third-order valence-electron chi connectivity index (χ3n) is 2.48. The molecule has 0 fully saturated rings. The molecule has 90 valence electrons. The molecule has 0 aliphatic rings. The Labute approximate surface area is 109 Å². The first kappa shape index (κ1) is 12.1. The van der Waals surface area contributed by atoms with Gasteiger partial charge < -0.3 is 9.88 Å². The van der Waals surface area contributed by atoms with Gasteiger partial charge in [-0.15, -0.1) is 0 Å². The molecule has 0 bridgehead atoms. The minimum atomic E-state index is 0.754. The molecular formula is C12H15BrN4. The highest BCUT2D eigenvalue weighted by Gasteiger charge is 2.03. The van der Waals surface area contributed by atoms with Gasteiger partial charge >= 0.3 is 0 Å². The smallest absolute Gasteiger partial charge is 0.129 e. The summed E-state index contributed by atoms with van der Waals surface area (Å²) in [4.78, 5) is 8.34. The molecule has 0 spiro atoms. The van der Waals surface area contributed by atoms with Gasteiger partial charge in [0.25, 0.3) is 0 Å². The Balaban J connectivity index is 2.02. The first-order valence-electron chi connectivity index (χ1n) is 5.64. The molecular weight excluding hydrogens is 280 g/mol. The second kappa shape index (κ2) is 5.82. The standard InChI is InChI=1S/C12H15BrN4/c1-2-6-17-9-14-7-10(17)8-16-11-4-3-5-15-12(11)13/h3-5,7,9,16H,2,6,8H2,1H3. The molecule has 2 heterocycles. The van der Waals surface area contributed by atoms with E-state index in [1.807, 2.05) is 24.7 Å². The molecule has 2 aromatic rings. The molecule has 4 nitrogen and oxygen atoms in total. The fourth-order valence-electron chi connectivity index (χ4n) is 1.64. The molecule has 0 saturated carbocycles. The maximum atomic E-state index is 4.17. The highest BCUT2D eigenvalue weighted by atomic mass is 79.9. The van der Waals surface area contributed by atoms with Crippen molar-refractivity contribution >= 4 is 21.6 Å². The number of imidazole rings is 1. The SMILES string of the molecule is CCCn1cncc1CNc1cccnc1Br. The Kier molecular flexibility index (Phi) is 4.14. The topological polar surface area (TPSA) is 42.7 Å². The summed E-state index contributed by atoms with van der Waals surface area (Å²) in [7, 11) is 0. The largest absolute Gasteiger partial charge is 0.377 e. The minimum Gasteiger partial charge on any atom is -0.377 e. The summed E-state index contributed by atoms with van der Waals surface area (Å²) in [5.41, 5.74) is 2.18. The summed E-state index contributed by atoms with van der Waals surface area (Å²) < 4.78 is 3.00. The van der Waals surface area contributed by atoms with Crippen LogP contribution in [0, 0.1) is 0 Å². The van der Waals surface area contributed by atoms with Gasteiger partial charge in [0.2, 0.25) is 0 Å². The van der Waals surface area contributed by atoms with E-state index < -0.39 is 0 Å². The van der Waals surface area contributed by atoms with Crippen molar-refractivity contribution in [3.8, 4) is 0 Å². The Morgan fingerprint density at radius 1 is 1.47 bits per heavy atom. The van der Waals surface area contributed by atoms with E-state index >= 15 is 0 Å². The van der Waals surface area contributed by atoms with Gasteiger partial charge in [0, 0.05) is 18.9 Å². The normalized spacial score (nSPS) is 10.5. The predicted octanol–water partition coefficient (Wildman–Crippen LogP) is 3.06. The molecule has 0 aliphatic heterocycles. The van der Waals surface area contributed by atoms with Crippen LogP contribution in [-0.4, -0.2) is 14.5 Å². The molecule has 0 aromatic carbocycles. The van der Waals surface area contributed by atoms with Crippen LogP contribution in [0.15, 0.2) is 35.5 Å². The lowest BCUT2D eigenvalue weighted by Gasteiger charge is -2.09. The Morgan fingerprint density at radius 3 is 3.12 bits per heavy atom. The zero-order valence-electron chi connectivity index (χ0n) is 9.73. The molecule has 0 aliphatic carbocycles. The minimum absolute atomic E-state index is 0.754. The molecule has 0 unspecified atom stereocenters. The van der Waals surface area contributed by atoms with E-state index in [1.165, 1.54) is 5.69 Å². The fourth-order valence-corrected chi connectivity index (χ4v) is 2.03. The molecule has 0 radical (unpaired) electrons. The van der Waals surface area contributed by atoms with Crippen LogP contribution in [0.3, 0.4) is 0 Å². The van der Waals surface area contributed by atoms with Gasteiger partial charge in [-0.2, -0.15) is 0 Å². The van der Waals surface area contributed by atoms with Crippen LogP contribution < -0.4 is 5.32 Å².